The van der Waals surface area contributed by atoms with Crippen LogP contribution in [0.25, 0.3) is 0 Å². The maximum absolute atomic E-state index is 5.36. The van der Waals surface area contributed by atoms with Gasteiger partial charge in [0.15, 0.2) is 5.79 Å². The molecule has 1 rings (SSSR count). The van der Waals surface area contributed by atoms with Gasteiger partial charge in [-0.05, 0) is 13.8 Å². The SMILES string of the molecule is CC1(C)OCC(CON)O1.Cl. The van der Waals surface area contributed by atoms with Gasteiger partial charge < -0.3 is 14.3 Å². The summed E-state index contributed by atoms with van der Waals surface area (Å²) in [5.74, 6) is 4.39. The molecule has 1 aliphatic rings. The highest BCUT2D eigenvalue weighted by Crippen LogP contribution is 2.21. The number of nitrogens with two attached hydrogens (primary N) is 1. The first-order chi connectivity index (χ1) is 4.64. The van der Waals surface area contributed by atoms with Crippen molar-refractivity contribution in [1.82, 2.24) is 0 Å². The predicted octanol–water partition coefficient (Wildman–Crippen LogP) is 0.450. The van der Waals surface area contributed by atoms with E-state index in [1.54, 1.807) is 0 Å². The molecule has 0 bridgehead atoms. The maximum Gasteiger partial charge on any atom is 0.163 e. The summed E-state index contributed by atoms with van der Waals surface area (Å²) in [7, 11) is 0. The zero-order valence-electron chi connectivity index (χ0n) is 6.70. The van der Waals surface area contributed by atoms with Gasteiger partial charge in [0, 0.05) is 0 Å². The van der Waals surface area contributed by atoms with Crippen LogP contribution in [-0.4, -0.2) is 25.1 Å². The summed E-state index contributed by atoms with van der Waals surface area (Å²) in [5, 5.41) is 0. The van der Waals surface area contributed by atoms with Crippen LogP contribution in [0.4, 0.5) is 0 Å². The molecule has 0 aromatic carbocycles. The standard InChI is InChI=1S/C6H13NO3.ClH/c1-6(2)8-3-5(10-6)4-9-7;/h5H,3-4,7H2,1-2H3;1H. The predicted molar refractivity (Wildman–Crippen MR) is 42.3 cm³/mol. The van der Waals surface area contributed by atoms with Gasteiger partial charge >= 0.3 is 0 Å². The fourth-order valence-electron chi connectivity index (χ4n) is 0.953. The minimum atomic E-state index is -0.469. The van der Waals surface area contributed by atoms with Crippen molar-refractivity contribution in [2.45, 2.75) is 25.7 Å². The van der Waals surface area contributed by atoms with E-state index in [1.807, 2.05) is 13.8 Å². The Morgan fingerprint density at radius 1 is 1.64 bits per heavy atom. The normalized spacial score (nSPS) is 28.1. The Morgan fingerprint density at radius 2 is 2.27 bits per heavy atom. The van der Waals surface area contributed by atoms with E-state index in [-0.39, 0.29) is 18.5 Å². The summed E-state index contributed by atoms with van der Waals surface area (Å²) < 4.78 is 10.6. The number of ether oxygens (including phenoxy) is 2. The maximum atomic E-state index is 5.36. The average molecular weight is 184 g/mol. The van der Waals surface area contributed by atoms with Crippen molar-refractivity contribution in [1.29, 1.82) is 0 Å². The van der Waals surface area contributed by atoms with Crippen molar-refractivity contribution in [2.24, 2.45) is 5.90 Å². The molecule has 4 nitrogen and oxygen atoms in total. The van der Waals surface area contributed by atoms with Crippen molar-refractivity contribution in [3.63, 3.8) is 0 Å². The molecule has 0 aromatic heterocycles. The molecule has 0 saturated carbocycles. The van der Waals surface area contributed by atoms with Gasteiger partial charge in [-0.1, -0.05) is 0 Å². The van der Waals surface area contributed by atoms with Gasteiger partial charge in [0.2, 0.25) is 0 Å². The van der Waals surface area contributed by atoms with Gasteiger partial charge in [-0.25, -0.2) is 5.90 Å². The Morgan fingerprint density at radius 3 is 2.64 bits per heavy atom. The molecule has 2 N–H and O–H groups in total. The van der Waals surface area contributed by atoms with Gasteiger partial charge in [-0.2, -0.15) is 0 Å². The average Bonchev–Trinajstić information content (AvgIpc) is 2.12. The Kier molecular flexibility index (Phi) is 4.28. The summed E-state index contributed by atoms with van der Waals surface area (Å²) in [6.45, 7) is 4.68. The lowest BCUT2D eigenvalue weighted by Gasteiger charge is -2.16. The largest absolute Gasteiger partial charge is 0.348 e. The summed E-state index contributed by atoms with van der Waals surface area (Å²) in [5.41, 5.74) is 0. The topological polar surface area (TPSA) is 53.7 Å². The van der Waals surface area contributed by atoms with E-state index < -0.39 is 5.79 Å². The Labute approximate surface area is 72.3 Å². The van der Waals surface area contributed by atoms with Gasteiger partial charge in [0.25, 0.3) is 0 Å². The summed E-state index contributed by atoms with van der Waals surface area (Å²) in [4.78, 5) is 4.41. The van der Waals surface area contributed by atoms with Crippen LogP contribution in [0.2, 0.25) is 0 Å². The fourth-order valence-corrected chi connectivity index (χ4v) is 0.953. The molecule has 0 spiro atoms. The molecular weight excluding hydrogens is 170 g/mol. The van der Waals surface area contributed by atoms with Crippen LogP contribution in [0.1, 0.15) is 13.8 Å². The van der Waals surface area contributed by atoms with Crippen LogP contribution in [0.5, 0.6) is 0 Å². The molecule has 1 aliphatic heterocycles. The second-order valence-electron chi connectivity index (χ2n) is 2.78. The van der Waals surface area contributed by atoms with Crippen LogP contribution >= 0.6 is 12.4 Å². The molecule has 5 heteroatoms. The third-order valence-electron chi connectivity index (χ3n) is 1.35. The lowest BCUT2D eigenvalue weighted by molar-refractivity contribution is -0.145. The van der Waals surface area contributed by atoms with E-state index in [0.29, 0.717) is 13.2 Å². The van der Waals surface area contributed by atoms with Crippen molar-refractivity contribution in [2.75, 3.05) is 13.2 Å². The second-order valence-corrected chi connectivity index (χ2v) is 2.78. The van der Waals surface area contributed by atoms with Crippen LogP contribution in [0.3, 0.4) is 0 Å². The molecule has 1 fully saturated rings. The van der Waals surface area contributed by atoms with Crippen molar-refractivity contribution >= 4 is 12.4 Å². The number of halogens is 1. The molecule has 0 amide bonds. The molecular formula is C6H14ClNO3. The molecule has 11 heavy (non-hydrogen) atoms. The van der Waals surface area contributed by atoms with E-state index in [2.05, 4.69) is 4.84 Å². The lowest BCUT2D eigenvalue weighted by atomic mass is 10.4. The third kappa shape index (κ3) is 3.35. The van der Waals surface area contributed by atoms with Gasteiger partial charge in [-0.15, -0.1) is 12.4 Å². The van der Waals surface area contributed by atoms with E-state index in [4.69, 9.17) is 15.4 Å². The summed E-state index contributed by atoms with van der Waals surface area (Å²) >= 11 is 0. The van der Waals surface area contributed by atoms with E-state index in [9.17, 15) is 0 Å². The molecule has 1 heterocycles. The quantitative estimate of drug-likeness (QED) is 0.632. The number of rotatable bonds is 2. The number of hydrogen-bond donors (Lipinski definition) is 1. The molecule has 1 unspecified atom stereocenters. The highest BCUT2D eigenvalue weighted by Gasteiger charge is 2.32. The zero-order chi connectivity index (χ0) is 7.61. The molecule has 1 saturated heterocycles. The Bertz CT molecular complexity index is 120. The first-order valence-corrected chi connectivity index (χ1v) is 3.27. The minimum absolute atomic E-state index is 0. The minimum Gasteiger partial charge on any atom is -0.348 e. The first kappa shape index (κ1) is 11.1. The molecule has 0 aromatic rings. The van der Waals surface area contributed by atoms with Crippen LogP contribution in [0.15, 0.2) is 0 Å². The van der Waals surface area contributed by atoms with E-state index >= 15 is 0 Å². The molecule has 68 valence electrons. The fraction of sp³-hybridized carbons (Fsp3) is 1.00. The summed E-state index contributed by atoms with van der Waals surface area (Å²) in [6.07, 6.45) is -0.0139. The van der Waals surface area contributed by atoms with Gasteiger partial charge in [0.05, 0.1) is 13.2 Å². The van der Waals surface area contributed by atoms with E-state index in [1.165, 1.54) is 0 Å². The van der Waals surface area contributed by atoms with Gasteiger partial charge in [0.1, 0.15) is 6.10 Å². The zero-order valence-corrected chi connectivity index (χ0v) is 7.52. The Hall–Kier alpha value is 0.130. The molecule has 1 atom stereocenters. The third-order valence-corrected chi connectivity index (χ3v) is 1.35. The van der Waals surface area contributed by atoms with Crippen molar-refractivity contribution in [3.8, 4) is 0 Å². The Balaban J connectivity index is 0.000001000. The van der Waals surface area contributed by atoms with E-state index in [0.717, 1.165) is 0 Å². The first-order valence-electron chi connectivity index (χ1n) is 3.27. The van der Waals surface area contributed by atoms with Crippen LogP contribution in [-0.2, 0) is 14.3 Å². The smallest absolute Gasteiger partial charge is 0.163 e. The number of hydrogen-bond acceptors (Lipinski definition) is 4. The monoisotopic (exact) mass is 183 g/mol. The van der Waals surface area contributed by atoms with Crippen molar-refractivity contribution in [3.05, 3.63) is 0 Å². The second kappa shape index (κ2) is 4.23. The van der Waals surface area contributed by atoms with Gasteiger partial charge in [-0.3, -0.25) is 0 Å². The molecule has 0 aliphatic carbocycles. The summed E-state index contributed by atoms with van der Waals surface area (Å²) in [6, 6.07) is 0. The molecule has 0 radical (unpaired) electrons. The lowest BCUT2D eigenvalue weighted by Crippen LogP contribution is -2.25. The van der Waals surface area contributed by atoms with Crippen molar-refractivity contribution < 1.29 is 14.3 Å². The highest BCUT2D eigenvalue weighted by atomic mass is 35.5. The van der Waals surface area contributed by atoms with Crippen LogP contribution < -0.4 is 5.90 Å². The highest BCUT2D eigenvalue weighted by molar-refractivity contribution is 5.85. The van der Waals surface area contributed by atoms with Crippen LogP contribution in [0, 0.1) is 0 Å².